The zero-order chi connectivity index (χ0) is 22.0. The van der Waals surface area contributed by atoms with Crippen molar-refractivity contribution in [3.05, 3.63) is 59.2 Å². The lowest BCUT2D eigenvalue weighted by Crippen LogP contribution is -2.44. The summed E-state index contributed by atoms with van der Waals surface area (Å²) in [6.45, 7) is 0.570. The number of hydrogen-bond donors (Lipinski definition) is 1. The molecular weight excluding hydrogens is 396 g/mol. The Labute approximate surface area is 181 Å². The molecule has 1 N–H and O–H groups in total. The fourth-order valence-corrected chi connectivity index (χ4v) is 4.55. The third kappa shape index (κ3) is 4.13. The number of carboxylic acids is 1. The number of methoxy groups -OCH3 is 2. The second kappa shape index (κ2) is 8.79. The lowest BCUT2D eigenvalue weighted by molar-refractivity contribution is 0.0670. The molecule has 2 aromatic rings. The van der Waals surface area contributed by atoms with Crippen LogP contribution in [0, 0.1) is 11.8 Å². The van der Waals surface area contributed by atoms with Crippen LogP contribution >= 0.6 is 0 Å². The lowest BCUT2D eigenvalue weighted by atomic mass is 9.74. The van der Waals surface area contributed by atoms with E-state index in [4.69, 9.17) is 19.7 Å². The molecule has 2 aliphatic rings. The first kappa shape index (κ1) is 20.9. The maximum absolute atomic E-state index is 13.2. The van der Waals surface area contributed by atoms with Gasteiger partial charge in [-0.2, -0.15) is 5.10 Å². The number of nitrogens with zero attached hydrogens (tertiary/aromatic N) is 2. The fraction of sp³-hybridized carbons (Fsp3) is 0.375. The molecule has 2 aromatic carbocycles. The smallest absolute Gasteiger partial charge is 0.335 e. The Kier molecular flexibility index (Phi) is 5.93. The number of carbonyl (C=O) groups excluding carboxylic acids is 1. The number of benzene rings is 2. The van der Waals surface area contributed by atoms with Crippen molar-refractivity contribution in [2.75, 3.05) is 20.8 Å². The molecular formula is C24H26N2O5. The molecule has 7 heteroatoms. The van der Waals surface area contributed by atoms with Crippen LogP contribution < -0.4 is 9.47 Å². The number of hydrazone groups is 1. The van der Waals surface area contributed by atoms with Crippen LogP contribution in [0.1, 0.15) is 52.0 Å². The maximum atomic E-state index is 13.2. The number of aromatic carboxylic acids is 1. The lowest BCUT2D eigenvalue weighted by Gasteiger charge is -2.39. The molecule has 0 aromatic heterocycles. The van der Waals surface area contributed by atoms with Gasteiger partial charge in [0, 0.05) is 23.6 Å². The number of rotatable bonds is 5. The summed E-state index contributed by atoms with van der Waals surface area (Å²) in [7, 11) is 3.20. The van der Waals surface area contributed by atoms with Crippen molar-refractivity contribution in [1.29, 1.82) is 0 Å². The van der Waals surface area contributed by atoms with Crippen LogP contribution in [-0.2, 0) is 0 Å². The van der Waals surface area contributed by atoms with Gasteiger partial charge in [-0.05, 0) is 61.2 Å². The summed E-state index contributed by atoms with van der Waals surface area (Å²) in [5, 5.41) is 15.4. The minimum absolute atomic E-state index is 0.150. The van der Waals surface area contributed by atoms with E-state index in [0.29, 0.717) is 35.4 Å². The summed E-state index contributed by atoms with van der Waals surface area (Å²) in [6.07, 6.45) is 4.40. The second-order valence-corrected chi connectivity index (χ2v) is 7.98. The fourth-order valence-electron chi connectivity index (χ4n) is 4.55. The molecule has 1 saturated carbocycles. The van der Waals surface area contributed by atoms with Crippen LogP contribution in [0.15, 0.2) is 47.6 Å². The second-order valence-electron chi connectivity index (χ2n) is 7.98. The Hall–Kier alpha value is -3.35. The van der Waals surface area contributed by atoms with Crippen LogP contribution in [0.4, 0.5) is 0 Å². The van der Waals surface area contributed by atoms with Gasteiger partial charge >= 0.3 is 5.97 Å². The van der Waals surface area contributed by atoms with E-state index in [1.165, 1.54) is 17.1 Å². The van der Waals surface area contributed by atoms with E-state index >= 15 is 0 Å². The molecule has 0 spiro atoms. The highest BCUT2D eigenvalue weighted by Gasteiger charge is 2.37. The molecule has 0 saturated heterocycles. The minimum atomic E-state index is -1.02. The van der Waals surface area contributed by atoms with E-state index < -0.39 is 5.97 Å². The highest BCUT2D eigenvalue weighted by atomic mass is 16.5. The van der Waals surface area contributed by atoms with Gasteiger partial charge in [-0.1, -0.05) is 12.8 Å². The first-order valence-electron chi connectivity index (χ1n) is 10.5. The van der Waals surface area contributed by atoms with E-state index in [1.54, 1.807) is 26.4 Å². The molecule has 31 heavy (non-hydrogen) atoms. The molecule has 0 bridgehead atoms. The van der Waals surface area contributed by atoms with Crippen molar-refractivity contribution < 1.29 is 24.2 Å². The molecule has 7 nitrogen and oxygen atoms in total. The van der Waals surface area contributed by atoms with Gasteiger partial charge in [0.2, 0.25) is 0 Å². The molecule has 1 heterocycles. The first-order valence-corrected chi connectivity index (χ1v) is 10.5. The van der Waals surface area contributed by atoms with Gasteiger partial charge in [0.05, 0.1) is 25.5 Å². The van der Waals surface area contributed by atoms with Crippen molar-refractivity contribution in [3.63, 3.8) is 0 Å². The Morgan fingerprint density at radius 3 is 2.32 bits per heavy atom. The standard InChI is InChI=1S/C24H26N2O5/c1-30-20-12-11-17(13-21(20)31-2)22-19-6-4-3-5-18(19)14-26(25-22)23(27)15-7-9-16(10-8-15)24(28)29/h7-13,18-19H,3-6,14H2,1-2H3,(H,28,29). The summed E-state index contributed by atoms with van der Waals surface area (Å²) >= 11 is 0. The quantitative estimate of drug-likeness (QED) is 0.785. The van der Waals surface area contributed by atoms with Crippen LogP contribution in [0.2, 0.25) is 0 Å². The normalized spacial score (nSPS) is 20.5. The summed E-state index contributed by atoms with van der Waals surface area (Å²) in [6, 6.07) is 11.7. The van der Waals surface area contributed by atoms with Crippen molar-refractivity contribution in [1.82, 2.24) is 5.01 Å². The molecule has 162 valence electrons. The minimum Gasteiger partial charge on any atom is -0.493 e. The van der Waals surface area contributed by atoms with Crippen LogP contribution in [0.5, 0.6) is 11.5 Å². The third-order valence-corrected chi connectivity index (χ3v) is 6.19. The number of ether oxygens (including phenoxy) is 2. The van der Waals surface area contributed by atoms with Crippen molar-refractivity contribution in [2.45, 2.75) is 25.7 Å². The van der Waals surface area contributed by atoms with E-state index in [0.717, 1.165) is 37.0 Å². The zero-order valence-electron chi connectivity index (χ0n) is 17.7. The van der Waals surface area contributed by atoms with Gasteiger partial charge in [-0.25, -0.2) is 9.80 Å². The van der Waals surface area contributed by atoms with E-state index in [2.05, 4.69) is 0 Å². The van der Waals surface area contributed by atoms with Gasteiger partial charge < -0.3 is 14.6 Å². The highest BCUT2D eigenvalue weighted by Crippen LogP contribution is 2.38. The average molecular weight is 422 g/mol. The molecule has 2 atom stereocenters. The van der Waals surface area contributed by atoms with Gasteiger partial charge in [0.15, 0.2) is 11.5 Å². The van der Waals surface area contributed by atoms with Crippen LogP contribution in [0.3, 0.4) is 0 Å². The van der Waals surface area contributed by atoms with Crippen molar-refractivity contribution >= 4 is 17.6 Å². The number of amides is 1. The topological polar surface area (TPSA) is 88.4 Å². The Bertz CT molecular complexity index is 1020. The van der Waals surface area contributed by atoms with Crippen molar-refractivity contribution in [3.8, 4) is 11.5 Å². The van der Waals surface area contributed by atoms with Gasteiger partial charge in [0.1, 0.15) is 0 Å². The van der Waals surface area contributed by atoms with Gasteiger partial charge in [-0.3, -0.25) is 4.79 Å². The van der Waals surface area contributed by atoms with E-state index in [1.807, 2.05) is 18.2 Å². The molecule has 2 unspecified atom stereocenters. The predicted octanol–water partition coefficient (Wildman–Crippen LogP) is 4.07. The number of carboxylic acid groups (broad SMARTS) is 1. The van der Waals surface area contributed by atoms with Crippen LogP contribution in [-0.4, -0.2) is 48.5 Å². The average Bonchev–Trinajstić information content (AvgIpc) is 2.82. The molecule has 1 aliphatic carbocycles. The number of hydrogen-bond acceptors (Lipinski definition) is 5. The molecule has 0 radical (unpaired) electrons. The zero-order valence-corrected chi connectivity index (χ0v) is 17.7. The predicted molar refractivity (Wildman–Crippen MR) is 116 cm³/mol. The summed E-state index contributed by atoms with van der Waals surface area (Å²) in [5.74, 6) is 0.675. The number of fused-ring (bicyclic) bond motifs is 1. The summed E-state index contributed by atoms with van der Waals surface area (Å²) in [4.78, 5) is 24.3. The SMILES string of the molecule is COc1ccc(C2=NN(C(=O)c3ccc(C(=O)O)cc3)CC3CCCCC23)cc1OC. The van der Waals surface area contributed by atoms with E-state index in [-0.39, 0.29) is 11.5 Å². The Morgan fingerprint density at radius 2 is 1.65 bits per heavy atom. The summed E-state index contributed by atoms with van der Waals surface area (Å²) in [5.41, 5.74) is 2.40. The Morgan fingerprint density at radius 1 is 0.968 bits per heavy atom. The first-order chi connectivity index (χ1) is 15.0. The third-order valence-electron chi connectivity index (χ3n) is 6.19. The highest BCUT2D eigenvalue weighted by molar-refractivity contribution is 6.05. The molecule has 1 amide bonds. The monoisotopic (exact) mass is 422 g/mol. The molecule has 1 fully saturated rings. The Balaban J connectivity index is 1.70. The van der Waals surface area contributed by atoms with Gasteiger partial charge in [0.25, 0.3) is 5.91 Å². The van der Waals surface area contributed by atoms with Crippen LogP contribution in [0.25, 0.3) is 0 Å². The van der Waals surface area contributed by atoms with Gasteiger partial charge in [-0.15, -0.1) is 0 Å². The number of carbonyl (C=O) groups is 2. The summed E-state index contributed by atoms with van der Waals surface area (Å²) < 4.78 is 10.8. The molecule has 4 rings (SSSR count). The maximum Gasteiger partial charge on any atom is 0.335 e. The molecule has 1 aliphatic heterocycles. The van der Waals surface area contributed by atoms with E-state index in [9.17, 15) is 9.59 Å². The van der Waals surface area contributed by atoms with Crippen molar-refractivity contribution in [2.24, 2.45) is 16.9 Å². The largest absolute Gasteiger partial charge is 0.493 e.